The number of ether oxygens (including phenoxy) is 3. The Hall–Kier alpha value is -3.41. The topological polar surface area (TPSA) is 136 Å². The van der Waals surface area contributed by atoms with Crippen LogP contribution in [-0.2, 0) is 19.0 Å². The number of rotatable bonds is 17. The first-order chi connectivity index (χ1) is 17.4. The number of aliphatic hydroxyl groups is 1. The summed E-state index contributed by atoms with van der Waals surface area (Å²) in [4.78, 5) is 24.4. The van der Waals surface area contributed by atoms with Gasteiger partial charge in [-0.25, -0.2) is 0 Å². The predicted molar refractivity (Wildman–Crippen MR) is 135 cm³/mol. The minimum atomic E-state index is -0.465. The quantitative estimate of drug-likeness (QED) is 0.110. The fourth-order valence-corrected chi connectivity index (χ4v) is 2.98. The first-order valence-corrected chi connectivity index (χ1v) is 11.9. The zero-order valence-electron chi connectivity index (χ0n) is 20.7. The summed E-state index contributed by atoms with van der Waals surface area (Å²) in [6, 6.07) is 13.2. The molecule has 0 saturated carbocycles. The minimum Gasteiger partial charge on any atom is -0.464 e. The second-order valence-corrected chi connectivity index (χ2v) is 7.90. The molecule has 0 heterocycles. The first kappa shape index (κ1) is 28.8. The highest BCUT2D eigenvalue weighted by Gasteiger charge is 2.13. The van der Waals surface area contributed by atoms with Crippen LogP contribution in [-0.4, -0.2) is 68.7 Å². The van der Waals surface area contributed by atoms with Gasteiger partial charge >= 0.3 is 5.97 Å². The lowest BCUT2D eigenvalue weighted by atomic mass is 10.1. The molecule has 0 amide bonds. The van der Waals surface area contributed by atoms with E-state index in [0.29, 0.717) is 44.3 Å². The van der Waals surface area contributed by atoms with Gasteiger partial charge in [-0.2, -0.15) is 10.2 Å². The summed E-state index contributed by atoms with van der Waals surface area (Å²) >= 11 is 0. The third-order valence-electron chi connectivity index (χ3n) is 5.29. The Morgan fingerprint density at radius 2 is 1.50 bits per heavy atom. The van der Waals surface area contributed by atoms with Gasteiger partial charge in [-0.3, -0.25) is 14.9 Å². The summed E-state index contributed by atoms with van der Waals surface area (Å²) in [5.41, 5.74) is 2.03. The molecule has 0 aromatic heterocycles. The van der Waals surface area contributed by atoms with Crippen molar-refractivity contribution >= 4 is 28.7 Å². The van der Waals surface area contributed by atoms with Crippen molar-refractivity contribution in [3.05, 3.63) is 58.6 Å². The Labute approximate surface area is 210 Å². The molecule has 1 atom stereocenters. The number of non-ortho nitro benzene ring substituents is 1. The number of hydrogen-bond acceptors (Lipinski definition) is 10. The molecule has 11 heteroatoms. The molecule has 0 aliphatic carbocycles. The van der Waals surface area contributed by atoms with Gasteiger partial charge in [0.2, 0.25) is 0 Å². The number of benzene rings is 2. The highest BCUT2D eigenvalue weighted by atomic mass is 16.6. The van der Waals surface area contributed by atoms with Crippen molar-refractivity contribution in [3.63, 3.8) is 0 Å². The Morgan fingerprint density at radius 3 is 2.06 bits per heavy atom. The number of nitrogens with zero attached hydrogens (tertiary/aromatic N) is 4. The van der Waals surface area contributed by atoms with Crippen LogP contribution in [0.15, 0.2) is 58.8 Å². The zero-order chi connectivity index (χ0) is 26.2. The number of carbonyl (C=O) groups excluding carboxylic acids is 1. The molecule has 196 valence electrons. The zero-order valence-corrected chi connectivity index (χ0v) is 20.7. The lowest BCUT2D eigenvalue weighted by molar-refractivity contribution is -0.384. The van der Waals surface area contributed by atoms with Crippen molar-refractivity contribution in [1.82, 2.24) is 0 Å². The fraction of sp³-hybridized carbons (Fsp3) is 0.480. The molecule has 0 aliphatic rings. The standard InChI is InChI=1S/C25H34N4O7/c1-3-20(2)25(31)36-16-13-28(12-15-34-18-19-35-17-14-30)23-8-4-21(5-9-23)26-27-22-6-10-24(11-7-22)29(32)33/h4-11,20,30H,3,12-19H2,1-2H3. The number of aliphatic hydroxyl groups excluding tert-OH is 1. The Bertz CT molecular complexity index is 952. The van der Waals surface area contributed by atoms with Crippen molar-refractivity contribution in [2.75, 3.05) is 57.6 Å². The van der Waals surface area contributed by atoms with E-state index in [9.17, 15) is 14.9 Å². The Morgan fingerprint density at radius 1 is 0.944 bits per heavy atom. The van der Waals surface area contributed by atoms with Gasteiger partial charge in [-0.05, 0) is 42.8 Å². The highest BCUT2D eigenvalue weighted by Crippen LogP contribution is 2.23. The molecule has 11 nitrogen and oxygen atoms in total. The van der Waals surface area contributed by atoms with Gasteiger partial charge < -0.3 is 24.2 Å². The maximum absolute atomic E-state index is 12.0. The van der Waals surface area contributed by atoms with E-state index in [4.69, 9.17) is 19.3 Å². The number of azo groups is 1. The molecule has 0 bridgehead atoms. The van der Waals surface area contributed by atoms with Gasteiger partial charge in [-0.15, -0.1) is 0 Å². The summed E-state index contributed by atoms with van der Waals surface area (Å²) in [5, 5.41) is 27.8. The van der Waals surface area contributed by atoms with Crippen molar-refractivity contribution in [1.29, 1.82) is 0 Å². The van der Waals surface area contributed by atoms with Crippen LogP contribution in [0, 0.1) is 16.0 Å². The normalized spacial score (nSPS) is 12.0. The molecule has 0 aliphatic heterocycles. The van der Waals surface area contributed by atoms with Gasteiger partial charge in [0.15, 0.2) is 0 Å². The monoisotopic (exact) mass is 502 g/mol. The van der Waals surface area contributed by atoms with E-state index in [2.05, 4.69) is 15.1 Å². The number of carbonyl (C=O) groups is 1. The molecule has 0 saturated heterocycles. The van der Waals surface area contributed by atoms with Gasteiger partial charge in [0.1, 0.15) is 6.61 Å². The van der Waals surface area contributed by atoms with E-state index < -0.39 is 4.92 Å². The van der Waals surface area contributed by atoms with Gasteiger partial charge in [0.25, 0.3) is 5.69 Å². The minimum absolute atomic E-state index is 0.00473. The van der Waals surface area contributed by atoms with Crippen LogP contribution < -0.4 is 4.90 Å². The lowest BCUT2D eigenvalue weighted by Crippen LogP contribution is -2.32. The van der Waals surface area contributed by atoms with E-state index in [0.717, 1.165) is 12.1 Å². The second-order valence-electron chi connectivity index (χ2n) is 7.90. The molecule has 0 radical (unpaired) electrons. The molecule has 0 spiro atoms. The first-order valence-electron chi connectivity index (χ1n) is 11.9. The van der Waals surface area contributed by atoms with Crippen LogP contribution >= 0.6 is 0 Å². The summed E-state index contributed by atoms with van der Waals surface area (Å²) in [5.74, 6) is -0.349. The van der Waals surface area contributed by atoms with Crippen molar-refractivity contribution in [2.45, 2.75) is 20.3 Å². The third kappa shape index (κ3) is 10.5. The van der Waals surface area contributed by atoms with Crippen LogP contribution in [0.2, 0.25) is 0 Å². The van der Waals surface area contributed by atoms with Crippen LogP contribution in [0.4, 0.5) is 22.7 Å². The summed E-state index contributed by atoms with van der Waals surface area (Å²) in [6.07, 6.45) is 0.727. The van der Waals surface area contributed by atoms with Gasteiger partial charge in [-0.1, -0.05) is 13.8 Å². The maximum Gasteiger partial charge on any atom is 0.308 e. The number of anilines is 1. The molecule has 2 aromatic carbocycles. The van der Waals surface area contributed by atoms with E-state index in [1.165, 1.54) is 24.3 Å². The van der Waals surface area contributed by atoms with Crippen LogP contribution in [0.1, 0.15) is 20.3 Å². The van der Waals surface area contributed by atoms with Gasteiger partial charge in [0, 0.05) is 24.4 Å². The molecular weight excluding hydrogens is 468 g/mol. The molecule has 2 aromatic rings. The molecule has 0 fully saturated rings. The van der Waals surface area contributed by atoms with Gasteiger partial charge in [0.05, 0.1) is 61.8 Å². The van der Waals surface area contributed by atoms with Crippen LogP contribution in [0.5, 0.6) is 0 Å². The molecule has 1 unspecified atom stereocenters. The second kappa shape index (κ2) is 16.3. The summed E-state index contributed by atoms with van der Waals surface area (Å²) in [7, 11) is 0. The average molecular weight is 503 g/mol. The van der Waals surface area contributed by atoms with E-state index in [-0.39, 0.29) is 37.4 Å². The smallest absolute Gasteiger partial charge is 0.308 e. The SMILES string of the molecule is CCC(C)C(=O)OCCN(CCOCCOCCO)c1ccc(N=Nc2ccc([N+](=O)[O-])cc2)cc1. The van der Waals surface area contributed by atoms with E-state index >= 15 is 0 Å². The molecule has 1 N–H and O–H groups in total. The maximum atomic E-state index is 12.0. The van der Waals surface area contributed by atoms with Crippen LogP contribution in [0.25, 0.3) is 0 Å². The van der Waals surface area contributed by atoms with Crippen molar-refractivity contribution < 1.29 is 29.0 Å². The predicted octanol–water partition coefficient (Wildman–Crippen LogP) is 4.43. The van der Waals surface area contributed by atoms with Crippen molar-refractivity contribution in [2.24, 2.45) is 16.1 Å². The molecule has 36 heavy (non-hydrogen) atoms. The Balaban J connectivity index is 1.96. The Kier molecular flexibility index (Phi) is 13.0. The number of nitro groups is 1. The molecule has 2 rings (SSSR count). The average Bonchev–Trinajstić information content (AvgIpc) is 2.90. The fourth-order valence-electron chi connectivity index (χ4n) is 2.98. The third-order valence-corrected chi connectivity index (χ3v) is 5.29. The number of hydrogen-bond donors (Lipinski definition) is 1. The molecular formula is C25H34N4O7. The lowest BCUT2D eigenvalue weighted by Gasteiger charge is -2.25. The van der Waals surface area contributed by atoms with E-state index in [1.807, 2.05) is 38.1 Å². The van der Waals surface area contributed by atoms with Crippen molar-refractivity contribution in [3.8, 4) is 0 Å². The summed E-state index contributed by atoms with van der Waals surface area (Å²) < 4.78 is 16.2. The highest BCUT2D eigenvalue weighted by molar-refractivity contribution is 5.71. The van der Waals surface area contributed by atoms with Crippen LogP contribution in [0.3, 0.4) is 0 Å². The van der Waals surface area contributed by atoms with E-state index in [1.54, 1.807) is 0 Å². The number of esters is 1. The number of nitro benzene ring substituents is 1. The largest absolute Gasteiger partial charge is 0.464 e. The summed E-state index contributed by atoms with van der Waals surface area (Å²) in [6.45, 7) is 6.64.